The van der Waals surface area contributed by atoms with Crippen LogP contribution in [-0.2, 0) is 0 Å². The van der Waals surface area contributed by atoms with Gasteiger partial charge in [0.1, 0.15) is 6.10 Å². The molecule has 182 valence electrons. The standard InChI is InChI=1S/C26H33N3O5/c1-3-33-24-6-4-5-7-25(24)34-21-12-16-28(17-13-21)26(30)22-18-20(29(31)32)8-9-23(22)27-14-10-19(2)11-15-27/h4-9,18-19,21H,3,10-17H2,1-2H3. The number of nitro benzene ring substituents is 1. The normalized spacial score (nSPS) is 17.5. The lowest BCUT2D eigenvalue weighted by molar-refractivity contribution is -0.384. The summed E-state index contributed by atoms with van der Waals surface area (Å²) in [5.74, 6) is 1.95. The van der Waals surface area contributed by atoms with Crippen molar-refractivity contribution in [2.24, 2.45) is 5.92 Å². The molecule has 34 heavy (non-hydrogen) atoms. The third-order valence-corrected chi connectivity index (χ3v) is 6.72. The molecule has 4 rings (SSSR count). The van der Waals surface area contributed by atoms with Gasteiger partial charge in [-0.05, 0) is 43.9 Å². The first-order chi connectivity index (χ1) is 16.5. The average molecular weight is 468 g/mol. The predicted octanol–water partition coefficient (Wildman–Crippen LogP) is 4.91. The van der Waals surface area contributed by atoms with Crippen molar-refractivity contribution in [2.75, 3.05) is 37.7 Å². The first-order valence-corrected chi connectivity index (χ1v) is 12.2. The average Bonchev–Trinajstić information content (AvgIpc) is 2.85. The van der Waals surface area contributed by atoms with Crippen molar-refractivity contribution >= 4 is 17.3 Å². The lowest BCUT2D eigenvalue weighted by Crippen LogP contribution is -2.42. The largest absolute Gasteiger partial charge is 0.490 e. The van der Waals surface area contributed by atoms with E-state index in [0.29, 0.717) is 44.0 Å². The van der Waals surface area contributed by atoms with E-state index < -0.39 is 4.92 Å². The molecule has 0 atom stereocenters. The summed E-state index contributed by atoms with van der Waals surface area (Å²) in [6, 6.07) is 12.3. The van der Waals surface area contributed by atoms with Crippen molar-refractivity contribution in [3.8, 4) is 11.5 Å². The molecule has 0 unspecified atom stereocenters. The van der Waals surface area contributed by atoms with Crippen molar-refractivity contribution in [1.29, 1.82) is 0 Å². The minimum absolute atomic E-state index is 0.0150. The number of carbonyl (C=O) groups excluding carboxylic acids is 1. The Morgan fingerprint density at radius 2 is 1.71 bits per heavy atom. The number of hydrogen-bond donors (Lipinski definition) is 0. The molecule has 2 fully saturated rings. The highest BCUT2D eigenvalue weighted by Crippen LogP contribution is 2.32. The maximum atomic E-state index is 13.5. The van der Waals surface area contributed by atoms with E-state index in [1.165, 1.54) is 12.1 Å². The van der Waals surface area contributed by atoms with Crippen LogP contribution >= 0.6 is 0 Å². The molecule has 2 heterocycles. The molecule has 0 radical (unpaired) electrons. The van der Waals surface area contributed by atoms with Crippen LogP contribution < -0.4 is 14.4 Å². The predicted molar refractivity (Wildman–Crippen MR) is 131 cm³/mol. The van der Waals surface area contributed by atoms with Gasteiger partial charge in [-0.25, -0.2) is 0 Å². The van der Waals surface area contributed by atoms with Crippen molar-refractivity contribution < 1.29 is 19.2 Å². The molecule has 2 aromatic rings. The number of amides is 1. The topological polar surface area (TPSA) is 85.1 Å². The second-order valence-corrected chi connectivity index (χ2v) is 9.12. The van der Waals surface area contributed by atoms with Crippen molar-refractivity contribution in [2.45, 2.75) is 45.6 Å². The molecule has 2 aliphatic rings. The van der Waals surface area contributed by atoms with Gasteiger partial charge in [0, 0.05) is 51.2 Å². The van der Waals surface area contributed by atoms with E-state index in [4.69, 9.17) is 9.47 Å². The number of likely N-dealkylation sites (tertiary alicyclic amines) is 1. The Labute approximate surface area is 200 Å². The number of ether oxygens (including phenoxy) is 2. The van der Waals surface area contributed by atoms with Crippen molar-refractivity contribution in [3.05, 3.63) is 58.1 Å². The van der Waals surface area contributed by atoms with Crippen LogP contribution in [0.1, 0.15) is 49.9 Å². The van der Waals surface area contributed by atoms with Crippen LogP contribution in [0.2, 0.25) is 0 Å². The Bertz CT molecular complexity index is 1010. The molecule has 0 spiro atoms. The van der Waals surface area contributed by atoms with Crippen LogP contribution in [0.3, 0.4) is 0 Å². The Hall–Kier alpha value is -3.29. The minimum Gasteiger partial charge on any atom is -0.490 e. The number of nitrogens with zero attached hydrogens (tertiary/aromatic N) is 3. The summed E-state index contributed by atoms with van der Waals surface area (Å²) >= 11 is 0. The number of benzene rings is 2. The van der Waals surface area contributed by atoms with Gasteiger partial charge in [0.2, 0.25) is 0 Å². The number of carbonyl (C=O) groups is 1. The Morgan fingerprint density at radius 3 is 2.35 bits per heavy atom. The van der Waals surface area contributed by atoms with E-state index in [1.807, 2.05) is 31.2 Å². The van der Waals surface area contributed by atoms with Gasteiger partial charge in [-0.15, -0.1) is 0 Å². The Morgan fingerprint density at radius 1 is 1.03 bits per heavy atom. The molecule has 0 aromatic heterocycles. The molecule has 0 aliphatic carbocycles. The van der Waals surface area contributed by atoms with Crippen molar-refractivity contribution in [3.63, 3.8) is 0 Å². The van der Waals surface area contributed by atoms with Gasteiger partial charge in [-0.1, -0.05) is 19.1 Å². The van der Waals surface area contributed by atoms with Gasteiger partial charge in [-0.3, -0.25) is 14.9 Å². The summed E-state index contributed by atoms with van der Waals surface area (Å²) in [7, 11) is 0. The summed E-state index contributed by atoms with van der Waals surface area (Å²) < 4.78 is 11.8. The Balaban J connectivity index is 1.46. The zero-order valence-electron chi connectivity index (χ0n) is 19.9. The molecule has 1 amide bonds. The summed E-state index contributed by atoms with van der Waals surface area (Å²) in [4.78, 5) is 28.5. The number of non-ortho nitro benzene ring substituents is 1. The second-order valence-electron chi connectivity index (χ2n) is 9.12. The number of rotatable bonds is 7. The van der Waals surface area contributed by atoms with Crippen LogP contribution in [-0.4, -0.2) is 54.6 Å². The molecule has 0 N–H and O–H groups in total. The molecule has 2 aliphatic heterocycles. The molecule has 0 saturated carbocycles. The van der Waals surface area contributed by atoms with Crippen LogP contribution in [0.25, 0.3) is 0 Å². The third kappa shape index (κ3) is 5.43. The van der Waals surface area contributed by atoms with E-state index in [-0.39, 0.29) is 17.7 Å². The van der Waals surface area contributed by atoms with E-state index in [1.54, 1.807) is 11.0 Å². The quantitative estimate of drug-likeness (QED) is 0.425. The van der Waals surface area contributed by atoms with Gasteiger partial charge < -0.3 is 19.3 Å². The Kier molecular flexibility index (Phi) is 7.55. The molecule has 2 saturated heterocycles. The SMILES string of the molecule is CCOc1ccccc1OC1CCN(C(=O)c2cc([N+](=O)[O-])ccc2N2CCC(C)CC2)CC1. The highest BCUT2D eigenvalue weighted by Gasteiger charge is 2.29. The van der Waals surface area contributed by atoms with E-state index in [0.717, 1.165) is 43.1 Å². The van der Waals surface area contributed by atoms with Crippen LogP contribution in [0, 0.1) is 16.0 Å². The highest BCUT2D eigenvalue weighted by molar-refractivity contribution is 6.00. The van der Waals surface area contributed by atoms with E-state index in [9.17, 15) is 14.9 Å². The smallest absolute Gasteiger partial charge is 0.270 e. The fraction of sp³-hybridized carbons (Fsp3) is 0.500. The fourth-order valence-electron chi connectivity index (χ4n) is 4.68. The van der Waals surface area contributed by atoms with Crippen LogP contribution in [0.5, 0.6) is 11.5 Å². The van der Waals surface area contributed by atoms with Gasteiger partial charge in [0.15, 0.2) is 11.5 Å². The lowest BCUT2D eigenvalue weighted by Gasteiger charge is -2.35. The number of nitro groups is 1. The number of para-hydroxylation sites is 2. The zero-order chi connectivity index (χ0) is 24.1. The summed E-state index contributed by atoms with van der Waals surface area (Å²) in [6.45, 7) is 7.53. The molecule has 8 heteroatoms. The number of anilines is 1. The molecule has 0 bridgehead atoms. The third-order valence-electron chi connectivity index (χ3n) is 6.72. The fourth-order valence-corrected chi connectivity index (χ4v) is 4.68. The summed E-state index contributed by atoms with van der Waals surface area (Å²) in [5, 5.41) is 11.4. The van der Waals surface area contributed by atoms with Crippen LogP contribution in [0.4, 0.5) is 11.4 Å². The van der Waals surface area contributed by atoms with E-state index in [2.05, 4.69) is 11.8 Å². The van der Waals surface area contributed by atoms with Gasteiger partial charge >= 0.3 is 0 Å². The first kappa shape index (κ1) is 23.9. The molecular formula is C26H33N3O5. The molecular weight excluding hydrogens is 434 g/mol. The first-order valence-electron chi connectivity index (χ1n) is 12.2. The highest BCUT2D eigenvalue weighted by atomic mass is 16.6. The number of hydrogen-bond acceptors (Lipinski definition) is 6. The van der Waals surface area contributed by atoms with Gasteiger partial charge in [-0.2, -0.15) is 0 Å². The van der Waals surface area contributed by atoms with Gasteiger partial charge in [0.05, 0.1) is 22.8 Å². The summed E-state index contributed by atoms with van der Waals surface area (Å²) in [5.41, 5.74) is 1.17. The second kappa shape index (κ2) is 10.8. The maximum absolute atomic E-state index is 13.5. The monoisotopic (exact) mass is 467 g/mol. The molecule has 8 nitrogen and oxygen atoms in total. The van der Waals surface area contributed by atoms with Crippen LogP contribution in [0.15, 0.2) is 42.5 Å². The van der Waals surface area contributed by atoms with Crippen molar-refractivity contribution in [1.82, 2.24) is 4.90 Å². The molecule has 2 aromatic carbocycles. The minimum atomic E-state index is -0.436. The lowest BCUT2D eigenvalue weighted by atomic mass is 9.97. The maximum Gasteiger partial charge on any atom is 0.270 e. The van der Waals surface area contributed by atoms with E-state index >= 15 is 0 Å². The van der Waals surface area contributed by atoms with Gasteiger partial charge in [0.25, 0.3) is 11.6 Å². The zero-order valence-corrected chi connectivity index (χ0v) is 19.9. The summed E-state index contributed by atoms with van der Waals surface area (Å²) in [6.07, 6.45) is 3.47. The number of piperidine rings is 2.